The highest BCUT2D eigenvalue weighted by Crippen LogP contribution is 2.26. The Labute approximate surface area is 198 Å². The summed E-state index contributed by atoms with van der Waals surface area (Å²) in [5.74, 6) is -0.106. The molecular formula is C27H28N4O3. The molecule has 0 radical (unpaired) electrons. The standard InChI is InChI=1S/C27H28N4O3/c1-18-9-10-24-21(13-18)26(32)20(17-34-24)15-30-12-11-23-22(16-30)25(27(33)29(2)3)28-31(23)14-19-7-5-4-6-8-19/h4-10,13,17H,11-12,14-16H2,1-3H3. The number of hydrogen-bond acceptors (Lipinski definition) is 5. The first-order chi connectivity index (χ1) is 16.4. The number of aryl methyl sites for hydroxylation is 1. The van der Waals surface area contributed by atoms with E-state index in [1.807, 2.05) is 48.0 Å². The molecule has 1 aliphatic heterocycles. The van der Waals surface area contributed by atoms with Gasteiger partial charge >= 0.3 is 0 Å². The van der Waals surface area contributed by atoms with Gasteiger partial charge in [-0.1, -0.05) is 42.0 Å². The third kappa shape index (κ3) is 4.15. The van der Waals surface area contributed by atoms with Crippen molar-refractivity contribution in [2.75, 3.05) is 20.6 Å². The van der Waals surface area contributed by atoms with E-state index in [4.69, 9.17) is 9.52 Å². The maximum absolute atomic E-state index is 13.1. The van der Waals surface area contributed by atoms with Gasteiger partial charge in [0.25, 0.3) is 5.91 Å². The first kappa shape index (κ1) is 22.1. The fourth-order valence-electron chi connectivity index (χ4n) is 4.59. The lowest BCUT2D eigenvalue weighted by Crippen LogP contribution is -2.33. The van der Waals surface area contributed by atoms with Crippen LogP contribution in [-0.2, 0) is 26.1 Å². The Balaban J connectivity index is 1.46. The molecule has 4 aromatic rings. The summed E-state index contributed by atoms with van der Waals surface area (Å²) in [6, 6.07) is 15.8. The zero-order chi connectivity index (χ0) is 23.8. The first-order valence-corrected chi connectivity index (χ1v) is 11.5. The Morgan fingerprint density at radius 1 is 1.12 bits per heavy atom. The maximum Gasteiger partial charge on any atom is 0.274 e. The van der Waals surface area contributed by atoms with Crippen molar-refractivity contribution in [3.63, 3.8) is 0 Å². The van der Waals surface area contributed by atoms with Crippen molar-refractivity contribution in [2.24, 2.45) is 0 Å². The summed E-state index contributed by atoms with van der Waals surface area (Å²) in [5, 5.41) is 5.34. The van der Waals surface area contributed by atoms with Crippen molar-refractivity contribution < 1.29 is 9.21 Å². The number of hydrogen-bond donors (Lipinski definition) is 0. The van der Waals surface area contributed by atoms with Crippen molar-refractivity contribution in [2.45, 2.75) is 33.0 Å². The average molecular weight is 457 g/mol. The lowest BCUT2D eigenvalue weighted by Gasteiger charge is -2.27. The zero-order valence-electron chi connectivity index (χ0n) is 19.7. The van der Waals surface area contributed by atoms with E-state index in [1.165, 1.54) is 0 Å². The van der Waals surface area contributed by atoms with Gasteiger partial charge in [0.15, 0.2) is 11.1 Å². The molecule has 7 heteroatoms. The van der Waals surface area contributed by atoms with Crippen LogP contribution in [0.5, 0.6) is 0 Å². The van der Waals surface area contributed by atoms with E-state index in [-0.39, 0.29) is 11.3 Å². The summed E-state index contributed by atoms with van der Waals surface area (Å²) < 4.78 is 7.71. The highest BCUT2D eigenvalue weighted by Gasteiger charge is 2.29. The molecule has 0 atom stereocenters. The third-order valence-corrected chi connectivity index (χ3v) is 6.39. The second-order valence-corrected chi connectivity index (χ2v) is 9.17. The van der Waals surface area contributed by atoms with Crippen LogP contribution in [0.25, 0.3) is 11.0 Å². The lowest BCUT2D eigenvalue weighted by molar-refractivity contribution is 0.0818. The predicted octanol–water partition coefficient (Wildman–Crippen LogP) is 3.61. The molecule has 0 bridgehead atoms. The van der Waals surface area contributed by atoms with Crippen molar-refractivity contribution in [3.8, 4) is 0 Å². The van der Waals surface area contributed by atoms with Gasteiger partial charge in [-0.3, -0.25) is 19.2 Å². The van der Waals surface area contributed by atoms with Crippen LogP contribution in [0, 0.1) is 6.92 Å². The summed E-state index contributed by atoms with van der Waals surface area (Å²) in [7, 11) is 3.49. The van der Waals surface area contributed by atoms with E-state index >= 15 is 0 Å². The third-order valence-electron chi connectivity index (χ3n) is 6.39. The van der Waals surface area contributed by atoms with Gasteiger partial charge in [-0.2, -0.15) is 5.10 Å². The molecule has 2 aromatic carbocycles. The molecule has 7 nitrogen and oxygen atoms in total. The van der Waals surface area contributed by atoms with Gasteiger partial charge in [-0.05, 0) is 24.6 Å². The molecule has 0 saturated carbocycles. The van der Waals surface area contributed by atoms with E-state index in [0.29, 0.717) is 41.9 Å². The van der Waals surface area contributed by atoms with Crippen LogP contribution in [0.1, 0.15) is 38.4 Å². The predicted molar refractivity (Wildman–Crippen MR) is 131 cm³/mol. The Bertz CT molecular complexity index is 1420. The van der Waals surface area contributed by atoms with Crippen LogP contribution in [0.3, 0.4) is 0 Å². The van der Waals surface area contributed by atoms with Gasteiger partial charge in [0.2, 0.25) is 0 Å². The number of aromatic nitrogens is 2. The quantitative estimate of drug-likeness (QED) is 0.459. The molecule has 174 valence electrons. The van der Waals surface area contributed by atoms with Crippen molar-refractivity contribution in [1.82, 2.24) is 19.6 Å². The zero-order valence-corrected chi connectivity index (χ0v) is 19.7. The highest BCUT2D eigenvalue weighted by atomic mass is 16.3. The minimum atomic E-state index is -0.106. The molecule has 0 N–H and O–H groups in total. The fraction of sp³-hybridized carbons (Fsp3) is 0.296. The van der Waals surface area contributed by atoms with Gasteiger partial charge < -0.3 is 9.32 Å². The minimum Gasteiger partial charge on any atom is -0.464 e. The number of nitrogens with zero attached hydrogens (tertiary/aromatic N) is 4. The Morgan fingerprint density at radius 2 is 1.91 bits per heavy atom. The van der Waals surface area contributed by atoms with Crippen LogP contribution in [-0.4, -0.2) is 46.1 Å². The van der Waals surface area contributed by atoms with Gasteiger partial charge in [-0.25, -0.2) is 0 Å². The number of benzene rings is 2. The summed E-state index contributed by atoms with van der Waals surface area (Å²) >= 11 is 0. The van der Waals surface area contributed by atoms with Gasteiger partial charge in [0.05, 0.1) is 18.2 Å². The number of carbonyl (C=O) groups excluding carboxylic acids is 1. The molecular weight excluding hydrogens is 428 g/mol. The van der Waals surface area contributed by atoms with E-state index < -0.39 is 0 Å². The highest BCUT2D eigenvalue weighted by molar-refractivity contribution is 5.93. The van der Waals surface area contributed by atoms with Gasteiger partial charge in [0, 0.05) is 57.0 Å². The molecule has 0 unspecified atom stereocenters. The normalized spacial score (nSPS) is 13.7. The molecule has 0 aliphatic carbocycles. The van der Waals surface area contributed by atoms with Gasteiger partial charge in [0.1, 0.15) is 5.58 Å². The average Bonchev–Trinajstić information content (AvgIpc) is 3.18. The Kier molecular flexibility index (Phi) is 5.79. The van der Waals surface area contributed by atoms with E-state index in [2.05, 4.69) is 17.0 Å². The minimum absolute atomic E-state index is 0.000103. The van der Waals surface area contributed by atoms with Crippen LogP contribution in [0.2, 0.25) is 0 Å². The second kappa shape index (κ2) is 8.91. The summed E-state index contributed by atoms with van der Waals surface area (Å²) in [5.41, 5.74) is 5.91. The van der Waals surface area contributed by atoms with Crippen molar-refractivity contribution in [1.29, 1.82) is 0 Å². The molecule has 0 saturated heterocycles. The van der Waals surface area contributed by atoms with Crippen LogP contribution in [0.15, 0.2) is 64.0 Å². The topological polar surface area (TPSA) is 71.6 Å². The molecule has 5 rings (SSSR count). The number of amides is 1. The first-order valence-electron chi connectivity index (χ1n) is 11.5. The van der Waals surface area contributed by atoms with Crippen molar-refractivity contribution in [3.05, 3.63) is 98.7 Å². The van der Waals surface area contributed by atoms with E-state index in [1.54, 1.807) is 25.3 Å². The monoisotopic (exact) mass is 456 g/mol. The summed E-state index contributed by atoms with van der Waals surface area (Å²) in [6.07, 6.45) is 2.33. The smallest absolute Gasteiger partial charge is 0.274 e. The molecule has 0 spiro atoms. The number of rotatable bonds is 5. The number of carbonyl (C=O) groups is 1. The molecule has 1 amide bonds. The van der Waals surface area contributed by atoms with Crippen LogP contribution < -0.4 is 5.43 Å². The molecule has 2 aromatic heterocycles. The van der Waals surface area contributed by atoms with Crippen LogP contribution >= 0.6 is 0 Å². The molecule has 3 heterocycles. The maximum atomic E-state index is 13.1. The van der Waals surface area contributed by atoms with E-state index in [9.17, 15) is 9.59 Å². The Hall–Kier alpha value is -3.71. The SMILES string of the molecule is Cc1ccc2occ(CN3CCc4c(c(C(=O)N(C)C)nn4Cc4ccccc4)C3)c(=O)c2c1. The Morgan fingerprint density at radius 3 is 2.68 bits per heavy atom. The lowest BCUT2D eigenvalue weighted by atomic mass is 10.0. The second-order valence-electron chi connectivity index (χ2n) is 9.17. The molecule has 34 heavy (non-hydrogen) atoms. The largest absolute Gasteiger partial charge is 0.464 e. The summed E-state index contributed by atoms with van der Waals surface area (Å²) in [6.45, 7) is 4.38. The van der Waals surface area contributed by atoms with Gasteiger partial charge in [-0.15, -0.1) is 0 Å². The molecule has 1 aliphatic rings. The summed E-state index contributed by atoms with van der Waals surface area (Å²) in [4.78, 5) is 29.8. The van der Waals surface area contributed by atoms with E-state index in [0.717, 1.165) is 35.3 Å². The van der Waals surface area contributed by atoms with Crippen molar-refractivity contribution >= 4 is 16.9 Å². The number of fused-ring (bicyclic) bond motifs is 2. The fourth-order valence-corrected chi connectivity index (χ4v) is 4.59. The molecule has 0 fully saturated rings. The van der Waals surface area contributed by atoms with Crippen LogP contribution in [0.4, 0.5) is 0 Å².